The average molecular weight is 202 g/mol. The Labute approximate surface area is 82.0 Å². The van der Waals surface area contributed by atoms with Crippen LogP contribution < -0.4 is 5.32 Å². The number of rotatable bonds is 1. The third-order valence-electron chi connectivity index (χ3n) is 2.05. The van der Waals surface area contributed by atoms with Crippen molar-refractivity contribution in [2.75, 3.05) is 17.3 Å². The van der Waals surface area contributed by atoms with E-state index in [2.05, 4.69) is 17.2 Å². The van der Waals surface area contributed by atoms with Gasteiger partial charge in [-0.25, -0.2) is 0 Å². The highest BCUT2D eigenvalue weighted by Gasteiger charge is 2.19. The molecule has 2 heterocycles. The molecule has 0 bridgehead atoms. The molecule has 2 saturated heterocycles. The first-order chi connectivity index (χ1) is 5.84. The summed E-state index contributed by atoms with van der Waals surface area (Å²) in [7, 11) is 0. The summed E-state index contributed by atoms with van der Waals surface area (Å²) in [5, 5.41) is 4.56. The van der Waals surface area contributed by atoms with Gasteiger partial charge in [0.15, 0.2) is 5.17 Å². The van der Waals surface area contributed by atoms with E-state index in [0.717, 1.165) is 0 Å². The van der Waals surface area contributed by atoms with E-state index in [-0.39, 0.29) is 0 Å². The van der Waals surface area contributed by atoms with E-state index in [0.29, 0.717) is 12.1 Å². The highest BCUT2D eigenvalue weighted by molar-refractivity contribution is 8.14. The van der Waals surface area contributed by atoms with E-state index in [1.54, 1.807) is 0 Å². The Bertz CT molecular complexity index is 187. The lowest BCUT2D eigenvalue weighted by molar-refractivity contribution is 0.732. The SMILES string of the molecule is CC1CSC(=NC2CCSC2)N1. The molecule has 2 nitrogen and oxygen atoms in total. The predicted octanol–water partition coefficient (Wildman–Crippen LogP) is 1.57. The minimum atomic E-state index is 0.593. The molecule has 0 aliphatic carbocycles. The Balaban J connectivity index is 1.90. The Morgan fingerprint density at radius 1 is 1.50 bits per heavy atom. The maximum absolute atomic E-state index is 4.67. The lowest BCUT2D eigenvalue weighted by Gasteiger charge is -2.04. The molecule has 0 spiro atoms. The monoisotopic (exact) mass is 202 g/mol. The Hall–Kier alpha value is 0.170. The molecule has 4 heteroatoms. The standard InChI is InChI=1S/C8H14N2S2/c1-6-4-12-8(9-6)10-7-2-3-11-5-7/h6-7H,2-5H2,1H3,(H,9,10). The van der Waals surface area contributed by atoms with Crippen molar-refractivity contribution in [1.82, 2.24) is 5.32 Å². The first kappa shape index (κ1) is 8.75. The van der Waals surface area contributed by atoms with Crippen molar-refractivity contribution in [2.45, 2.75) is 25.4 Å². The van der Waals surface area contributed by atoms with Crippen LogP contribution in [0.3, 0.4) is 0 Å². The van der Waals surface area contributed by atoms with Crippen molar-refractivity contribution in [2.24, 2.45) is 4.99 Å². The molecule has 0 saturated carbocycles. The van der Waals surface area contributed by atoms with Gasteiger partial charge in [-0.05, 0) is 19.1 Å². The van der Waals surface area contributed by atoms with E-state index in [4.69, 9.17) is 0 Å². The maximum atomic E-state index is 4.67. The molecule has 2 atom stereocenters. The van der Waals surface area contributed by atoms with E-state index in [1.165, 1.54) is 28.8 Å². The molecule has 2 fully saturated rings. The van der Waals surface area contributed by atoms with Crippen LogP contribution >= 0.6 is 23.5 Å². The van der Waals surface area contributed by atoms with Crippen molar-refractivity contribution in [3.8, 4) is 0 Å². The lowest BCUT2D eigenvalue weighted by Crippen LogP contribution is -2.24. The molecular formula is C8H14N2S2. The molecule has 68 valence electrons. The molecule has 2 rings (SSSR count). The van der Waals surface area contributed by atoms with Gasteiger partial charge in [0.1, 0.15) is 0 Å². The topological polar surface area (TPSA) is 24.4 Å². The smallest absolute Gasteiger partial charge is 0.157 e. The molecule has 0 radical (unpaired) electrons. The quantitative estimate of drug-likeness (QED) is 0.698. The van der Waals surface area contributed by atoms with Crippen molar-refractivity contribution in [3.63, 3.8) is 0 Å². The van der Waals surface area contributed by atoms with Gasteiger partial charge < -0.3 is 5.32 Å². The normalized spacial score (nSPS) is 38.9. The van der Waals surface area contributed by atoms with Gasteiger partial charge in [0.2, 0.25) is 0 Å². The van der Waals surface area contributed by atoms with Crippen LogP contribution in [0.1, 0.15) is 13.3 Å². The number of thioether (sulfide) groups is 2. The number of hydrogen-bond donors (Lipinski definition) is 1. The van der Waals surface area contributed by atoms with E-state index < -0.39 is 0 Å². The molecule has 12 heavy (non-hydrogen) atoms. The van der Waals surface area contributed by atoms with Gasteiger partial charge in [-0.15, -0.1) is 0 Å². The Kier molecular flexibility index (Phi) is 2.86. The van der Waals surface area contributed by atoms with Crippen LogP contribution in [0.15, 0.2) is 4.99 Å². The molecule has 0 amide bonds. The van der Waals surface area contributed by atoms with Crippen LogP contribution in [0, 0.1) is 0 Å². The first-order valence-corrected chi connectivity index (χ1v) is 6.53. The summed E-state index contributed by atoms with van der Waals surface area (Å²) in [5.74, 6) is 3.69. The van der Waals surface area contributed by atoms with Gasteiger partial charge in [0.25, 0.3) is 0 Å². The van der Waals surface area contributed by atoms with Gasteiger partial charge >= 0.3 is 0 Å². The summed E-state index contributed by atoms with van der Waals surface area (Å²) < 4.78 is 0. The minimum absolute atomic E-state index is 0.593. The fourth-order valence-corrected chi connectivity index (χ4v) is 3.48. The molecule has 1 N–H and O–H groups in total. The zero-order valence-corrected chi connectivity index (χ0v) is 8.88. The highest BCUT2D eigenvalue weighted by Crippen LogP contribution is 2.22. The Morgan fingerprint density at radius 2 is 2.42 bits per heavy atom. The van der Waals surface area contributed by atoms with E-state index in [1.807, 2.05) is 23.5 Å². The van der Waals surface area contributed by atoms with Crippen molar-refractivity contribution < 1.29 is 0 Å². The third-order valence-corrected chi connectivity index (χ3v) is 4.35. The minimum Gasteiger partial charge on any atom is -0.362 e. The van der Waals surface area contributed by atoms with Gasteiger partial charge in [0.05, 0.1) is 6.04 Å². The number of aliphatic imine (C=N–C) groups is 1. The van der Waals surface area contributed by atoms with Gasteiger partial charge in [-0.3, -0.25) is 4.99 Å². The summed E-state index contributed by atoms with van der Waals surface area (Å²) in [6.45, 7) is 2.21. The second-order valence-electron chi connectivity index (χ2n) is 3.31. The summed E-state index contributed by atoms with van der Waals surface area (Å²) >= 11 is 3.89. The second kappa shape index (κ2) is 3.92. The van der Waals surface area contributed by atoms with Gasteiger partial charge in [-0.1, -0.05) is 11.8 Å². The molecule has 2 unspecified atom stereocenters. The molecule has 2 aliphatic rings. The van der Waals surface area contributed by atoms with Crippen LogP contribution in [0.4, 0.5) is 0 Å². The number of nitrogens with one attached hydrogen (secondary N) is 1. The molecule has 2 aliphatic heterocycles. The summed E-state index contributed by atoms with van der Waals surface area (Å²) in [6.07, 6.45) is 1.27. The maximum Gasteiger partial charge on any atom is 0.157 e. The lowest BCUT2D eigenvalue weighted by atomic mass is 10.3. The van der Waals surface area contributed by atoms with Crippen molar-refractivity contribution >= 4 is 28.7 Å². The van der Waals surface area contributed by atoms with Gasteiger partial charge in [0, 0.05) is 17.5 Å². The van der Waals surface area contributed by atoms with Gasteiger partial charge in [-0.2, -0.15) is 11.8 Å². The highest BCUT2D eigenvalue weighted by atomic mass is 32.2. The molecule has 0 aromatic heterocycles. The van der Waals surface area contributed by atoms with Crippen LogP contribution in [-0.2, 0) is 0 Å². The fourth-order valence-electron chi connectivity index (χ4n) is 1.36. The molecule has 0 aromatic carbocycles. The fraction of sp³-hybridized carbons (Fsp3) is 0.875. The second-order valence-corrected chi connectivity index (χ2v) is 5.47. The van der Waals surface area contributed by atoms with E-state index >= 15 is 0 Å². The average Bonchev–Trinajstić information content (AvgIpc) is 2.63. The van der Waals surface area contributed by atoms with Crippen LogP contribution in [0.25, 0.3) is 0 Å². The molecule has 0 aromatic rings. The van der Waals surface area contributed by atoms with Crippen molar-refractivity contribution in [1.29, 1.82) is 0 Å². The Morgan fingerprint density at radius 3 is 3.00 bits per heavy atom. The zero-order chi connectivity index (χ0) is 8.39. The first-order valence-electron chi connectivity index (χ1n) is 4.39. The van der Waals surface area contributed by atoms with Crippen LogP contribution in [-0.4, -0.2) is 34.5 Å². The number of amidine groups is 1. The summed E-state index contributed by atoms with van der Waals surface area (Å²) in [4.78, 5) is 4.67. The number of nitrogens with zero attached hydrogens (tertiary/aromatic N) is 1. The third kappa shape index (κ3) is 2.10. The van der Waals surface area contributed by atoms with Crippen LogP contribution in [0.2, 0.25) is 0 Å². The summed E-state index contributed by atoms with van der Waals surface area (Å²) in [5.41, 5.74) is 0. The van der Waals surface area contributed by atoms with E-state index in [9.17, 15) is 0 Å². The largest absolute Gasteiger partial charge is 0.362 e. The van der Waals surface area contributed by atoms with Crippen molar-refractivity contribution in [3.05, 3.63) is 0 Å². The zero-order valence-electron chi connectivity index (χ0n) is 7.25. The number of hydrogen-bond acceptors (Lipinski definition) is 3. The summed E-state index contributed by atoms with van der Waals surface area (Å²) in [6, 6.07) is 1.21. The molecular weight excluding hydrogens is 188 g/mol. The van der Waals surface area contributed by atoms with Crippen LogP contribution in [0.5, 0.6) is 0 Å². The predicted molar refractivity (Wildman–Crippen MR) is 58.2 cm³/mol.